The van der Waals surface area contributed by atoms with Crippen molar-refractivity contribution in [1.82, 2.24) is 34.5 Å². The van der Waals surface area contributed by atoms with E-state index in [0.29, 0.717) is 11.0 Å². The minimum Gasteiger partial charge on any atom is -0.388 e. The molecule has 25 heteroatoms. The maximum absolute atomic E-state index is 12.8. The number of imidazole rings is 1. The Kier molecular flexibility index (Phi) is 10.7. The monoisotopic (exact) mass is 784 g/mol. The molecule has 0 amide bonds. The Morgan fingerprint density at radius 1 is 1.02 bits per heavy atom. The number of anilines is 1. The number of rotatable bonds is 13. The van der Waals surface area contributed by atoms with E-state index in [-0.39, 0.29) is 28.1 Å². The van der Waals surface area contributed by atoms with Crippen LogP contribution in [0.3, 0.4) is 0 Å². The van der Waals surface area contributed by atoms with Gasteiger partial charge in [-0.1, -0.05) is 0 Å². The molecule has 0 aliphatic carbocycles. The SMILES string of the molecule is Cc1cc2nc3c(=O)[nH]c(=O)[nH]c3[n+](C[C@H](O)[C@H](O)[C@H](O)COP(=O)(O)OP(=O)(O)CC[C@H]3O[C@@H](n4cnc5c(N)ncnc54)[C@H](O)[C@@H]3O)c2cc1C. The molecular weight excluding hydrogens is 748 g/mol. The van der Waals surface area contributed by atoms with Crippen molar-refractivity contribution in [3.63, 3.8) is 0 Å². The lowest BCUT2D eigenvalue weighted by Crippen LogP contribution is -2.51. The van der Waals surface area contributed by atoms with Crippen LogP contribution in [0.4, 0.5) is 5.82 Å². The van der Waals surface area contributed by atoms with Gasteiger partial charge in [0, 0.05) is 0 Å². The Morgan fingerprint density at radius 2 is 1.74 bits per heavy atom. The van der Waals surface area contributed by atoms with Crippen molar-refractivity contribution < 1.29 is 62.6 Å². The number of aliphatic hydroxyl groups is 5. The molecule has 2 unspecified atom stereocenters. The van der Waals surface area contributed by atoms with E-state index in [2.05, 4.69) is 38.7 Å². The van der Waals surface area contributed by atoms with Crippen LogP contribution in [-0.2, 0) is 29.2 Å². The number of nitrogens with zero attached hydrogens (tertiary/aromatic N) is 6. The van der Waals surface area contributed by atoms with Crippen LogP contribution in [0.15, 0.2) is 34.4 Å². The van der Waals surface area contributed by atoms with Crippen molar-refractivity contribution in [2.45, 2.75) is 69.7 Å². The molecule has 1 aliphatic rings. The summed E-state index contributed by atoms with van der Waals surface area (Å²) < 4.78 is 42.8. The van der Waals surface area contributed by atoms with Crippen molar-refractivity contribution in [2.75, 3.05) is 18.5 Å². The van der Waals surface area contributed by atoms with Gasteiger partial charge in [-0.25, -0.2) is 38.2 Å². The number of hydrogen-bond acceptors (Lipinski definition) is 17. The molecule has 0 spiro atoms. The summed E-state index contributed by atoms with van der Waals surface area (Å²) in [6, 6.07) is 3.35. The molecule has 4 aromatic heterocycles. The van der Waals surface area contributed by atoms with Gasteiger partial charge in [0.15, 0.2) is 23.2 Å². The van der Waals surface area contributed by atoms with Gasteiger partial charge in [0.2, 0.25) is 5.52 Å². The number of aryl methyl sites for hydroxylation is 2. The molecule has 11 N–H and O–H groups in total. The average molecular weight is 785 g/mol. The van der Waals surface area contributed by atoms with Crippen LogP contribution in [0.1, 0.15) is 23.8 Å². The molecule has 5 heterocycles. The van der Waals surface area contributed by atoms with Gasteiger partial charge >= 0.3 is 26.8 Å². The van der Waals surface area contributed by atoms with Gasteiger partial charge in [0.25, 0.3) is 5.56 Å². The second-order valence-electron chi connectivity index (χ2n) is 12.5. The topological polar surface area (TPSA) is 356 Å². The summed E-state index contributed by atoms with van der Waals surface area (Å²) in [5.74, 6) is 0.0552. The first-order valence-corrected chi connectivity index (χ1v) is 19.1. The number of aliphatic hydroxyl groups excluding tert-OH is 5. The summed E-state index contributed by atoms with van der Waals surface area (Å²) in [6.07, 6.45) is -10.5. The predicted molar refractivity (Wildman–Crippen MR) is 180 cm³/mol. The minimum absolute atomic E-state index is 0.0552. The number of ether oxygens (including phenoxy) is 1. The van der Waals surface area contributed by atoms with E-state index in [1.54, 1.807) is 19.1 Å². The van der Waals surface area contributed by atoms with E-state index in [0.717, 1.165) is 17.5 Å². The molecule has 6 rings (SSSR count). The number of phosphoric acid groups is 1. The van der Waals surface area contributed by atoms with Crippen LogP contribution >= 0.6 is 15.4 Å². The van der Waals surface area contributed by atoms with Crippen molar-refractivity contribution in [2.24, 2.45) is 0 Å². The Hall–Kier alpha value is -4.09. The molecule has 0 bridgehead atoms. The summed E-state index contributed by atoms with van der Waals surface area (Å²) in [5, 5.41) is 53.3. The lowest BCUT2D eigenvalue weighted by Gasteiger charge is -2.24. The zero-order valence-electron chi connectivity index (χ0n) is 27.8. The number of H-pyrrole nitrogens is 2. The molecule has 1 aromatic carbocycles. The molecule has 0 saturated carbocycles. The highest BCUT2D eigenvalue weighted by atomic mass is 31.3. The first kappa shape index (κ1) is 38.6. The van der Waals surface area contributed by atoms with Gasteiger partial charge in [-0.2, -0.15) is 4.98 Å². The van der Waals surface area contributed by atoms with E-state index < -0.39 is 95.3 Å². The van der Waals surface area contributed by atoms with Gasteiger partial charge in [0.1, 0.15) is 54.4 Å². The number of aromatic amines is 2. The maximum Gasteiger partial charge on any atom is 0.479 e. The molecule has 5 aromatic rings. The van der Waals surface area contributed by atoms with Crippen LogP contribution in [0, 0.1) is 13.8 Å². The van der Waals surface area contributed by atoms with Gasteiger partial charge in [-0.3, -0.25) is 23.4 Å². The summed E-state index contributed by atoms with van der Waals surface area (Å²) in [4.78, 5) is 65.9. The largest absolute Gasteiger partial charge is 0.479 e. The highest BCUT2D eigenvalue weighted by Crippen LogP contribution is 2.60. The van der Waals surface area contributed by atoms with Crippen LogP contribution in [-0.4, -0.2) is 119 Å². The third-order valence-corrected chi connectivity index (χ3v) is 11.9. The zero-order chi connectivity index (χ0) is 38.6. The summed E-state index contributed by atoms with van der Waals surface area (Å²) in [6.45, 7) is 1.90. The van der Waals surface area contributed by atoms with Gasteiger partial charge in [-0.15, -0.1) is 0 Å². The van der Waals surface area contributed by atoms with Crippen LogP contribution < -0.4 is 21.5 Å². The smallest absolute Gasteiger partial charge is 0.388 e. The molecular formula is C28H36N9O14P2+. The molecule has 0 radical (unpaired) electrons. The number of hydrogen-bond donors (Lipinski definition) is 10. The minimum atomic E-state index is -5.41. The number of fused-ring (bicyclic) bond motifs is 3. The molecule has 1 aliphatic heterocycles. The van der Waals surface area contributed by atoms with E-state index in [1.807, 2.05) is 6.92 Å². The van der Waals surface area contributed by atoms with Gasteiger partial charge < -0.3 is 45.8 Å². The Balaban J connectivity index is 1.07. The highest BCUT2D eigenvalue weighted by Gasteiger charge is 2.46. The number of phosphoric ester groups is 1. The summed E-state index contributed by atoms with van der Waals surface area (Å²) in [7, 11) is -10.4. The quantitative estimate of drug-likeness (QED) is 0.0335. The normalized spacial score (nSPS) is 23.3. The Morgan fingerprint density at radius 3 is 2.47 bits per heavy atom. The average Bonchev–Trinajstić information content (AvgIpc) is 3.63. The van der Waals surface area contributed by atoms with E-state index in [1.165, 1.54) is 15.5 Å². The van der Waals surface area contributed by atoms with Crippen LogP contribution in [0.25, 0.3) is 33.4 Å². The van der Waals surface area contributed by atoms with Crippen LogP contribution in [0.5, 0.6) is 0 Å². The third-order valence-electron chi connectivity index (χ3n) is 8.77. The highest BCUT2D eigenvalue weighted by molar-refractivity contribution is 7.64. The van der Waals surface area contributed by atoms with E-state index in [9.17, 15) is 54.0 Å². The van der Waals surface area contributed by atoms with E-state index in [4.69, 9.17) is 10.5 Å². The van der Waals surface area contributed by atoms with Gasteiger partial charge in [0.05, 0.1) is 25.2 Å². The Bertz CT molecular complexity index is 2410. The summed E-state index contributed by atoms with van der Waals surface area (Å²) in [5.41, 5.74) is 6.47. The fraction of sp³-hybridized carbons (Fsp3) is 0.464. The first-order valence-electron chi connectivity index (χ1n) is 15.8. The molecule has 1 saturated heterocycles. The number of nitrogens with one attached hydrogen (secondary N) is 2. The second-order valence-corrected chi connectivity index (χ2v) is 16.1. The fourth-order valence-electron chi connectivity index (χ4n) is 5.88. The molecule has 53 heavy (non-hydrogen) atoms. The predicted octanol–water partition coefficient (Wildman–Crippen LogP) is -2.50. The molecule has 286 valence electrons. The van der Waals surface area contributed by atoms with Crippen LogP contribution in [0.2, 0.25) is 0 Å². The maximum atomic E-state index is 12.8. The zero-order valence-corrected chi connectivity index (χ0v) is 29.6. The number of benzene rings is 1. The molecule has 9 atom stereocenters. The lowest BCUT2D eigenvalue weighted by molar-refractivity contribution is -0.657. The molecule has 23 nitrogen and oxygen atoms in total. The third kappa shape index (κ3) is 7.92. The van der Waals surface area contributed by atoms with Crippen molar-refractivity contribution in [3.8, 4) is 0 Å². The number of aromatic nitrogens is 8. The summed E-state index contributed by atoms with van der Waals surface area (Å²) >= 11 is 0. The number of nitrogens with two attached hydrogens (primary N) is 1. The van der Waals surface area contributed by atoms with Crippen molar-refractivity contribution in [3.05, 3.63) is 56.8 Å². The molecule has 1 fully saturated rings. The van der Waals surface area contributed by atoms with Gasteiger partial charge in [-0.05, 0) is 43.5 Å². The lowest BCUT2D eigenvalue weighted by atomic mass is 10.1. The number of nitrogen functional groups attached to an aromatic ring is 1. The van der Waals surface area contributed by atoms with E-state index >= 15 is 0 Å². The van der Waals surface area contributed by atoms with Crippen molar-refractivity contribution >= 4 is 54.6 Å². The van der Waals surface area contributed by atoms with Crippen molar-refractivity contribution in [1.29, 1.82) is 0 Å². The Labute approximate surface area is 296 Å². The fourth-order valence-corrected chi connectivity index (χ4v) is 8.61. The standard InChI is InChI=1S/C28H35N9O14P2/c1-11-5-13-14(6-12(11)2)36(25-19(33-13)26(43)35-28(44)34-25)7-15(38)20(40)16(39)8-49-53(47,48)51-52(45,46)4-3-17-21(41)22(42)27(50-17)37-10-32-18-23(29)30-9-31-24(18)37/h5-6,9-10,15-17,20-22,27,38-42H,3-4,7-8H2,1-2H3,(H5,29,30,31,35,43,44,45,46,47,48)/p+1/t15-,16+,17+,20-,21+,22+,27+/m0/s1. The first-order chi connectivity index (χ1) is 24.9. The second kappa shape index (κ2) is 14.6.